The zero-order valence-electron chi connectivity index (χ0n) is 15.7. The number of benzene rings is 3. The summed E-state index contributed by atoms with van der Waals surface area (Å²) in [6.07, 6.45) is -5.69. The van der Waals surface area contributed by atoms with Gasteiger partial charge in [-0.05, 0) is 0 Å². The Labute approximate surface area is 181 Å². The Kier molecular flexibility index (Phi) is 6.75. The maximum atomic E-state index is 13.5. The number of hydrogen-bond acceptors (Lipinski definition) is 2. The molecule has 3 aromatic rings. The third-order valence-electron chi connectivity index (χ3n) is 4.67. The molecule has 0 atom stereocenters. The maximum absolute atomic E-state index is 13.5. The van der Waals surface area contributed by atoms with Gasteiger partial charge in [-0.25, -0.2) is 0 Å². The van der Waals surface area contributed by atoms with Crippen LogP contribution in [0, 0.1) is 0 Å². The fraction of sp³-hybridized carbons (Fsp3) is 0.143. The van der Waals surface area contributed by atoms with Crippen molar-refractivity contribution in [3.63, 3.8) is 0 Å². The molecule has 30 heavy (non-hydrogen) atoms. The van der Waals surface area contributed by atoms with E-state index in [1.165, 1.54) is 12.1 Å². The summed E-state index contributed by atoms with van der Waals surface area (Å²) in [7, 11) is -3.18. The monoisotopic (exact) mass is 487 g/mol. The summed E-state index contributed by atoms with van der Waals surface area (Å²) in [5.41, 5.74) is 0. The molecule has 0 unspecified atom stereocenters. The Morgan fingerprint density at radius 3 is 1.63 bits per heavy atom. The first-order chi connectivity index (χ1) is 14.2. The predicted molar refractivity (Wildman–Crippen MR) is 102 cm³/mol. The molecule has 2 nitrogen and oxygen atoms in total. The van der Waals surface area contributed by atoms with Crippen LogP contribution in [0.4, 0.5) is 22.0 Å². The Balaban J connectivity index is 2.15. The summed E-state index contributed by atoms with van der Waals surface area (Å²) in [5, 5.41) is 2.15. The minimum absolute atomic E-state index is 0.0470. The van der Waals surface area contributed by atoms with Gasteiger partial charge in [-0.15, -0.1) is 0 Å². The standard InChI is InChI=1S/C21H16F5O2Si.Zn/c22-20(23,21(24,25)26)15-28-18-13-7-8-14-19(18)29(27,16-9-3-1-4-10-16)17-11-5-2-6-12-17;/h1-14H,15H2;/q-1;+1. The van der Waals surface area contributed by atoms with E-state index in [1.807, 2.05) is 60.7 Å². The molecule has 0 aliphatic heterocycles. The van der Waals surface area contributed by atoms with Crippen molar-refractivity contribution in [2.45, 2.75) is 12.1 Å². The van der Waals surface area contributed by atoms with E-state index in [0.717, 1.165) is 10.4 Å². The van der Waals surface area contributed by atoms with E-state index in [4.69, 9.17) is 7.99 Å². The minimum atomic E-state index is -5.69. The first-order valence-electron chi connectivity index (χ1n) is 8.93. The average molecular weight is 489 g/mol. The topological polar surface area (TPSA) is 18.5 Å². The molecule has 0 saturated carbocycles. The normalized spacial score (nSPS) is 12.6. The van der Waals surface area contributed by atoms with Gasteiger partial charge in [0.05, 0.1) is 0 Å². The zero-order chi connectivity index (χ0) is 21.8. The van der Waals surface area contributed by atoms with E-state index < -0.39 is 27.0 Å². The van der Waals surface area contributed by atoms with Crippen LogP contribution >= 0.6 is 0 Å². The molecule has 0 saturated heterocycles. The van der Waals surface area contributed by atoms with Gasteiger partial charge in [0, 0.05) is 0 Å². The molecule has 9 heteroatoms. The van der Waals surface area contributed by atoms with Crippen molar-refractivity contribution in [1.82, 2.24) is 0 Å². The summed E-state index contributed by atoms with van der Waals surface area (Å²) < 4.78 is 76.2. The molecule has 0 fully saturated rings. The molecule has 0 heterocycles. The first-order valence-corrected chi connectivity index (χ1v) is 12.1. The molecule has 3 rings (SSSR count). The Morgan fingerprint density at radius 1 is 0.700 bits per heavy atom. The summed E-state index contributed by atoms with van der Waals surface area (Å²) in [6, 6.07) is 24.8. The van der Waals surface area contributed by atoms with Crippen LogP contribution in [-0.4, -0.2) is 27.0 Å². The van der Waals surface area contributed by atoms with Gasteiger partial charge in [0.25, 0.3) is 0 Å². The van der Waals surface area contributed by atoms with E-state index in [-0.39, 0.29) is 5.75 Å². The van der Waals surface area contributed by atoms with Crippen molar-refractivity contribution in [2.75, 3.05) is 6.61 Å². The van der Waals surface area contributed by atoms with Crippen molar-refractivity contribution >= 4 is 23.9 Å². The Bertz CT molecular complexity index is 928. The fourth-order valence-electron chi connectivity index (χ4n) is 3.20. The molecule has 0 radical (unpaired) electrons. The van der Waals surface area contributed by atoms with Crippen LogP contribution in [0.5, 0.6) is 5.75 Å². The quantitative estimate of drug-likeness (QED) is 0.287. The molecule has 0 aliphatic carbocycles. The van der Waals surface area contributed by atoms with Gasteiger partial charge in [0.15, 0.2) is 0 Å². The summed E-state index contributed by atoms with van der Waals surface area (Å²) in [6.45, 7) is -1.80. The van der Waals surface area contributed by atoms with Crippen LogP contribution in [0.3, 0.4) is 0 Å². The molecule has 0 N–H and O–H groups in total. The van der Waals surface area contributed by atoms with Crippen LogP contribution < -0.4 is 20.3 Å². The third kappa shape index (κ3) is 4.33. The van der Waals surface area contributed by atoms with Gasteiger partial charge in [-0.2, -0.15) is 0 Å². The van der Waals surface area contributed by atoms with Crippen molar-refractivity contribution in [3.8, 4) is 5.75 Å². The third-order valence-corrected chi connectivity index (χ3v) is 11.3. The van der Waals surface area contributed by atoms with Crippen molar-refractivity contribution < 1.29 is 48.6 Å². The van der Waals surface area contributed by atoms with Gasteiger partial charge in [-0.3, -0.25) is 0 Å². The molecule has 0 aromatic heterocycles. The van der Waals surface area contributed by atoms with E-state index in [1.54, 1.807) is 12.1 Å². The van der Waals surface area contributed by atoms with Gasteiger partial charge in [-0.1, -0.05) is 0 Å². The number of hydrogen-bond donors (Lipinski definition) is 0. The second-order valence-electron chi connectivity index (χ2n) is 6.54. The van der Waals surface area contributed by atoms with E-state index in [0.29, 0.717) is 23.8 Å². The van der Waals surface area contributed by atoms with Crippen molar-refractivity contribution in [3.05, 3.63) is 84.9 Å². The number of halogens is 5. The van der Waals surface area contributed by atoms with Gasteiger partial charge >= 0.3 is 182 Å². The Morgan fingerprint density at radius 2 is 1.17 bits per heavy atom. The van der Waals surface area contributed by atoms with E-state index in [9.17, 15) is 22.0 Å². The van der Waals surface area contributed by atoms with Crippen LogP contribution in [-0.2, 0) is 21.9 Å². The fourth-order valence-corrected chi connectivity index (χ4v) is 9.88. The van der Waals surface area contributed by atoms with Gasteiger partial charge in [0.2, 0.25) is 0 Å². The van der Waals surface area contributed by atoms with Gasteiger partial charge < -0.3 is 0 Å². The molecule has 153 valence electrons. The SMILES string of the molecule is FC(F)(F)C(F)(F)COc1ccccc1[Si]([O][Zn])(c1ccccc1)c1ccccc1. The van der Waals surface area contributed by atoms with E-state index in [2.05, 4.69) is 0 Å². The predicted octanol–water partition coefficient (Wildman–Crippen LogP) is 3.71. The van der Waals surface area contributed by atoms with Gasteiger partial charge in [0.1, 0.15) is 0 Å². The average Bonchev–Trinajstić information content (AvgIpc) is 2.75. The molecular weight excluding hydrogens is 473 g/mol. The number of alkyl halides is 5. The summed E-state index contributed by atoms with van der Waals surface area (Å²) in [4.78, 5) is 0. The molecular formula is C21H16F5O2SiZn. The number of ether oxygens (including phenoxy) is 1. The number of rotatable bonds is 7. The summed E-state index contributed by atoms with van der Waals surface area (Å²) >= 11 is 0.434. The molecule has 0 spiro atoms. The first kappa shape index (κ1) is 22.6. The van der Waals surface area contributed by atoms with Crippen molar-refractivity contribution in [1.29, 1.82) is 0 Å². The van der Waals surface area contributed by atoms with Crippen LogP contribution in [0.1, 0.15) is 0 Å². The second kappa shape index (κ2) is 8.96. The van der Waals surface area contributed by atoms with Crippen molar-refractivity contribution in [2.24, 2.45) is 0 Å². The molecule has 0 aliphatic rings. The molecule has 0 amide bonds. The van der Waals surface area contributed by atoms with E-state index >= 15 is 0 Å². The zero-order valence-corrected chi connectivity index (χ0v) is 19.7. The number of para-hydroxylation sites is 1. The second-order valence-corrected chi connectivity index (χ2v) is 11.7. The molecule has 3 aromatic carbocycles. The Hall–Kier alpha value is -2.09. The molecule has 0 bridgehead atoms. The van der Waals surface area contributed by atoms with Crippen LogP contribution in [0.2, 0.25) is 0 Å². The van der Waals surface area contributed by atoms with Crippen LogP contribution in [0.15, 0.2) is 84.9 Å². The van der Waals surface area contributed by atoms with Crippen LogP contribution in [0.25, 0.3) is 0 Å². The summed E-state index contributed by atoms with van der Waals surface area (Å²) in [5.74, 6) is -5.01.